The molecule has 1 fully saturated rings. The molecule has 0 spiro atoms. The highest BCUT2D eigenvalue weighted by Gasteiger charge is 2.24. The smallest absolute Gasteiger partial charge is 0.0632 e. The van der Waals surface area contributed by atoms with Gasteiger partial charge in [-0.05, 0) is 48.4 Å². The fraction of sp³-hybridized carbons (Fsp3) is 0.750. The Bertz CT molecular complexity index is 355. The Morgan fingerprint density at radius 1 is 1.65 bits per heavy atom. The van der Waals surface area contributed by atoms with Gasteiger partial charge in [0.25, 0.3) is 0 Å². The summed E-state index contributed by atoms with van der Waals surface area (Å²) < 4.78 is 3.04. The second-order valence-electron chi connectivity index (χ2n) is 4.82. The third kappa shape index (κ3) is 4.00. The van der Waals surface area contributed by atoms with Crippen molar-refractivity contribution < 1.29 is 0 Å². The summed E-state index contributed by atoms with van der Waals surface area (Å²) in [6.45, 7) is 3.17. The molecule has 1 aromatic rings. The minimum Gasteiger partial charge on any atom is -0.310 e. The van der Waals surface area contributed by atoms with E-state index in [0.717, 1.165) is 16.3 Å². The first-order chi connectivity index (χ1) is 8.17. The molecule has 0 radical (unpaired) electrons. The third-order valence-corrected chi connectivity index (χ3v) is 4.81. The van der Waals surface area contributed by atoms with Crippen LogP contribution in [0.1, 0.15) is 26.2 Å². The Hall–Kier alpha value is -0.0000000000000000555. The van der Waals surface area contributed by atoms with E-state index in [1.54, 1.807) is 0 Å². The van der Waals surface area contributed by atoms with Gasteiger partial charge in [-0.25, -0.2) is 0 Å². The number of nitrogens with one attached hydrogen (secondary N) is 1. The third-order valence-electron chi connectivity index (χ3n) is 3.30. The fourth-order valence-corrected chi connectivity index (χ4v) is 3.60. The molecule has 17 heavy (non-hydrogen) atoms. The highest BCUT2D eigenvalue weighted by atomic mass is 79.9. The zero-order chi connectivity index (χ0) is 12.3. The van der Waals surface area contributed by atoms with Crippen LogP contribution in [0, 0.1) is 0 Å². The van der Waals surface area contributed by atoms with Gasteiger partial charge < -0.3 is 5.32 Å². The first-order valence-corrected chi connectivity index (χ1v) is 8.22. The minimum absolute atomic E-state index is 0.479. The molecular formula is C12H20BrN3S. The number of thioether (sulfide) groups is 1. The lowest BCUT2D eigenvalue weighted by molar-refractivity contribution is 0.397. The van der Waals surface area contributed by atoms with Gasteiger partial charge in [-0.15, -0.1) is 0 Å². The Morgan fingerprint density at radius 2 is 2.47 bits per heavy atom. The molecule has 1 aliphatic carbocycles. The maximum atomic E-state index is 4.29. The van der Waals surface area contributed by atoms with Crippen molar-refractivity contribution in [3.05, 3.63) is 16.9 Å². The van der Waals surface area contributed by atoms with Crippen molar-refractivity contribution in [3.8, 4) is 0 Å². The summed E-state index contributed by atoms with van der Waals surface area (Å²) in [5.74, 6) is 0. The molecule has 0 aliphatic heterocycles. The lowest BCUT2D eigenvalue weighted by Gasteiger charge is -2.19. The predicted octanol–water partition coefficient (Wildman–Crippen LogP) is 2.91. The van der Waals surface area contributed by atoms with Crippen LogP contribution in [0.5, 0.6) is 0 Å². The number of hydrogen-bond donors (Lipinski definition) is 1. The molecule has 1 saturated carbocycles. The van der Waals surface area contributed by atoms with E-state index in [1.165, 1.54) is 19.3 Å². The monoisotopic (exact) mass is 317 g/mol. The molecule has 1 aliphatic rings. The van der Waals surface area contributed by atoms with Crippen LogP contribution < -0.4 is 5.32 Å². The minimum atomic E-state index is 0.479. The molecular weight excluding hydrogens is 298 g/mol. The molecule has 0 saturated heterocycles. The van der Waals surface area contributed by atoms with Crippen LogP contribution >= 0.6 is 27.7 Å². The zero-order valence-corrected chi connectivity index (χ0v) is 12.8. The normalized spacial score (nSPS) is 26.3. The average Bonchev–Trinajstić information content (AvgIpc) is 2.88. The Balaban J connectivity index is 1.76. The van der Waals surface area contributed by atoms with Crippen LogP contribution in [-0.2, 0) is 6.54 Å². The first-order valence-electron chi connectivity index (χ1n) is 6.14. The van der Waals surface area contributed by atoms with Gasteiger partial charge in [0, 0.05) is 23.5 Å². The van der Waals surface area contributed by atoms with Crippen LogP contribution in [-0.4, -0.2) is 33.4 Å². The number of aromatic nitrogens is 2. The maximum Gasteiger partial charge on any atom is 0.0632 e. The average molecular weight is 318 g/mol. The summed E-state index contributed by atoms with van der Waals surface area (Å²) in [5, 5.41) is 8.86. The van der Waals surface area contributed by atoms with Crippen molar-refractivity contribution in [1.82, 2.24) is 15.1 Å². The van der Waals surface area contributed by atoms with E-state index in [-0.39, 0.29) is 0 Å². The van der Waals surface area contributed by atoms with Crippen LogP contribution in [0.15, 0.2) is 16.9 Å². The first kappa shape index (κ1) is 13.4. The summed E-state index contributed by atoms with van der Waals surface area (Å²) in [6.07, 6.45) is 10.1. The molecule has 0 unspecified atom stereocenters. The summed E-state index contributed by atoms with van der Waals surface area (Å²) in [5.41, 5.74) is 0. The van der Waals surface area contributed by atoms with E-state index in [1.807, 2.05) is 28.8 Å². The largest absolute Gasteiger partial charge is 0.310 e. The van der Waals surface area contributed by atoms with Gasteiger partial charge in [-0.1, -0.05) is 0 Å². The lowest BCUT2D eigenvalue weighted by atomic mass is 10.2. The van der Waals surface area contributed by atoms with Gasteiger partial charge in [0.1, 0.15) is 0 Å². The topological polar surface area (TPSA) is 29.9 Å². The summed E-state index contributed by atoms with van der Waals surface area (Å²) >= 11 is 5.43. The van der Waals surface area contributed by atoms with Crippen molar-refractivity contribution in [2.24, 2.45) is 0 Å². The SMILES string of the molecule is CS[C@@H]1CC[C@@H](N[C@H](C)Cn2cc(Br)cn2)C1. The maximum absolute atomic E-state index is 4.29. The lowest BCUT2D eigenvalue weighted by Crippen LogP contribution is -2.37. The molecule has 1 N–H and O–H groups in total. The van der Waals surface area contributed by atoms with Crippen molar-refractivity contribution in [3.63, 3.8) is 0 Å². The molecule has 0 amide bonds. The molecule has 3 nitrogen and oxygen atoms in total. The standard InChI is InChI=1S/C12H20BrN3S/c1-9(7-16-8-10(13)6-14-16)15-11-3-4-12(5-11)17-2/h6,8-9,11-12,15H,3-5,7H2,1-2H3/t9-,11-,12-/m1/s1. The predicted molar refractivity (Wildman–Crippen MR) is 77.5 cm³/mol. The quantitative estimate of drug-likeness (QED) is 0.905. The van der Waals surface area contributed by atoms with Gasteiger partial charge >= 0.3 is 0 Å². The summed E-state index contributed by atoms with van der Waals surface area (Å²) in [4.78, 5) is 0. The van der Waals surface area contributed by atoms with Gasteiger partial charge in [-0.2, -0.15) is 16.9 Å². The number of nitrogens with zero attached hydrogens (tertiary/aromatic N) is 2. The molecule has 5 heteroatoms. The number of halogens is 1. The van der Waals surface area contributed by atoms with Crippen molar-refractivity contribution >= 4 is 27.7 Å². The van der Waals surface area contributed by atoms with Gasteiger partial charge in [0.2, 0.25) is 0 Å². The number of hydrogen-bond acceptors (Lipinski definition) is 3. The van der Waals surface area contributed by atoms with Crippen LogP contribution in [0.3, 0.4) is 0 Å². The Morgan fingerprint density at radius 3 is 3.06 bits per heavy atom. The fourth-order valence-electron chi connectivity index (χ4n) is 2.48. The van der Waals surface area contributed by atoms with Gasteiger partial charge in [0.15, 0.2) is 0 Å². The second-order valence-corrected chi connectivity index (χ2v) is 6.87. The number of rotatable bonds is 5. The van der Waals surface area contributed by atoms with E-state index in [2.05, 4.69) is 39.5 Å². The van der Waals surface area contributed by atoms with Crippen molar-refractivity contribution in [2.45, 2.75) is 50.1 Å². The van der Waals surface area contributed by atoms with Gasteiger partial charge in [-0.3, -0.25) is 4.68 Å². The molecule has 0 aromatic carbocycles. The molecule has 96 valence electrons. The Kier molecular flexibility index (Phi) is 4.94. The van der Waals surface area contributed by atoms with E-state index in [0.29, 0.717) is 12.1 Å². The molecule has 0 bridgehead atoms. The molecule has 1 aromatic heterocycles. The summed E-state index contributed by atoms with van der Waals surface area (Å²) in [7, 11) is 0. The van der Waals surface area contributed by atoms with Crippen LogP contribution in [0.4, 0.5) is 0 Å². The molecule has 2 rings (SSSR count). The highest BCUT2D eigenvalue weighted by Crippen LogP contribution is 2.28. The second kappa shape index (κ2) is 6.25. The zero-order valence-electron chi connectivity index (χ0n) is 10.4. The van der Waals surface area contributed by atoms with Crippen molar-refractivity contribution in [1.29, 1.82) is 0 Å². The van der Waals surface area contributed by atoms with Gasteiger partial charge in [0.05, 0.1) is 17.2 Å². The van der Waals surface area contributed by atoms with E-state index in [4.69, 9.17) is 0 Å². The summed E-state index contributed by atoms with van der Waals surface area (Å²) in [6, 6.07) is 1.17. The highest BCUT2D eigenvalue weighted by molar-refractivity contribution is 9.10. The van der Waals surface area contributed by atoms with Crippen molar-refractivity contribution in [2.75, 3.05) is 6.26 Å². The van der Waals surface area contributed by atoms with E-state index >= 15 is 0 Å². The van der Waals surface area contributed by atoms with E-state index in [9.17, 15) is 0 Å². The van der Waals surface area contributed by atoms with Crippen LogP contribution in [0.2, 0.25) is 0 Å². The molecule has 1 heterocycles. The molecule has 3 atom stereocenters. The van der Waals surface area contributed by atoms with E-state index < -0.39 is 0 Å². The van der Waals surface area contributed by atoms with Crippen LogP contribution in [0.25, 0.3) is 0 Å². The Labute approximate surface area is 116 Å².